The number of benzene rings is 1. The second-order valence-electron chi connectivity index (χ2n) is 6.89. The molecule has 1 aliphatic rings. The van der Waals surface area contributed by atoms with Crippen LogP contribution in [0.2, 0.25) is 0 Å². The summed E-state index contributed by atoms with van der Waals surface area (Å²) in [7, 11) is 0. The fourth-order valence-electron chi connectivity index (χ4n) is 3.17. The molecule has 0 bridgehead atoms. The fourth-order valence-corrected chi connectivity index (χ4v) is 3.17. The molecule has 23 heavy (non-hydrogen) atoms. The van der Waals surface area contributed by atoms with Gasteiger partial charge in [-0.05, 0) is 44.2 Å². The molecule has 126 valence electrons. The van der Waals surface area contributed by atoms with Gasteiger partial charge in [0.05, 0.1) is 6.54 Å². The van der Waals surface area contributed by atoms with Gasteiger partial charge in [0.1, 0.15) is 17.9 Å². The molecule has 5 nitrogen and oxygen atoms in total. The van der Waals surface area contributed by atoms with Gasteiger partial charge in [-0.1, -0.05) is 32.0 Å². The minimum atomic E-state index is -0.802. The van der Waals surface area contributed by atoms with Crippen LogP contribution in [0.15, 0.2) is 18.2 Å². The van der Waals surface area contributed by atoms with Gasteiger partial charge in [0.25, 0.3) is 5.91 Å². The van der Waals surface area contributed by atoms with E-state index in [0.29, 0.717) is 18.9 Å². The van der Waals surface area contributed by atoms with Gasteiger partial charge in [-0.3, -0.25) is 9.69 Å². The van der Waals surface area contributed by atoms with Crippen molar-refractivity contribution in [1.29, 1.82) is 0 Å². The quantitative estimate of drug-likeness (QED) is 0.820. The zero-order valence-electron chi connectivity index (χ0n) is 14.6. The lowest BCUT2D eigenvalue weighted by Gasteiger charge is -2.23. The molecule has 0 saturated carbocycles. The zero-order chi connectivity index (χ0) is 17.2. The fraction of sp³-hybridized carbons (Fsp3) is 0.556. The van der Waals surface area contributed by atoms with Crippen molar-refractivity contribution >= 4 is 11.9 Å². The average molecular weight is 318 g/mol. The summed E-state index contributed by atoms with van der Waals surface area (Å²) in [4.78, 5) is 25.9. The van der Waals surface area contributed by atoms with Crippen LogP contribution in [-0.4, -0.2) is 35.5 Å². The Morgan fingerprint density at radius 1 is 1.22 bits per heavy atom. The number of carbonyl (C=O) groups is 2. The van der Waals surface area contributed by atoms with E-state index in [4.69, 9.17) is 4.74 Å². The first kappa shape index (κ1) is 17.3. The number of imide groups is 1. The first-order valence-corrected chi connectivity index (χ1v) is 8.08. The van der Waals surface area contributed by atoms with Crippen LogP contribution < -0.4 is 10.1 Å². The van der Waals surface area contributed by atoms with Crippen LogP contribution >= 0.6 is 0 Å². The number of nitrogens with zero attached hydrogens (tertiary/aromatic N) is 1. The van der Waals surface area contributed by atoms with E-state index in [0.717, 1.165) is 16.9 Å². The Morgan fingerprint density at radius 2 is 1.83 bits per heavy atom. The number of aryl methyl sites for hydroxylation is 2. The summed E-state index contributed by atoms with van der Waals surface area (Å²) in [5, 5.41) is 2.81. The first-order chi connectivity index (χ1) is 10.7. The highest BCUT2D eigenvalue weighted by atomic mass is 16.5. The summed E-state index contributed by atoms with van der Waals surface area (Å²) in [5.41, 5.74) is 1.29. The minimum Gasteiger partial charge on any atom is -0.491 e. The van der Waals surface area contributed by atoms with Crippen molar-refractivity contribution in [3.63, 3.8) is 0 Å². The standard InChI is InChI=1S/C18H26N2O3/c1-12(2)11-18(5)16(21)20(17(22)19-18)9-10-23-15-13(3)7-6-8-14(15)4/h6-8,12H,9-11H2,1-5H3,(H,19,22). The third kappa shape index (κ3) is 3.66. The van der Waals surface area contributed by atoms with E-state index in [1.54, 1.807) is 6.92 Å². The SMILES string of the molecule is Cc1cccc(C)c1OCCN1C(=O)NC(C)(CC(C)C)C1=O. The van der Waals surface area contributed by atoms with Crippen molar-refractivity contribution < 1.29 is 14.3 Å². The maximum atomic E-state index is 12.5. The molecule has 1 aliphatic heterocycles. The molecule has 0 radical (unpaired) electrons. The molecule has 0 spiro atoms. The highest BCUT2D eigenvalue weighted by Gasteiger charge is 2.47. The number of urea groups is 1. The lowest BCUT2D eigenvalue weighted by Crippen LogP contribution is -2.45. The lowest BCUT2D eigenvalue weighted by atomic mass is 9.91. The van der Waals surface area contributed by atoms with E-state index >= 15 is 0 Å². The second kappa shape index (κ2) is 6.60. The molecule has 0 aromatic heterocycles. The number of nitrogens with one attached hydrogen (secondary N) is 1. The Balaban J connectivity index is 1.98. The summed E-state index contributed by atoms with van der Waals surface area (Å²) >= 11 is 0. The van der Waals surface area contributed by atoms with Crippen LogP contribution in [0.3, 0.4) is 0 Å². The molecule has 1 heterocycles. The number of ether oxygens (including phenoxy) is 1. The summed E-state index contributed by atoms with van der Waals surface area (Å²) in [5.74, 6) is 0.987. The molecule has 1 atom stereocenters. The third-order valence-electron chi connectivity index (χ3n) is 4.13. The van der Waals surface area contributed by atoms with Gasteiger partial charge in [0.2, 0.25) is 0 Å². The van der Waals surface area contributed by atoms with Crippen molar-refractivity contribution in [1.82, 2.24) is 10.2 Å². The van der Waals surface area contributed by atoms with Crippen molar-refractivity contribution in [2.75, 3.05) is 13.2 Å². The van der Waals surface area contributed by atoms with Gasteiger partial charge >= 0.3 is 6.03 Å². The summed E-state index contributed by atoms with van der Waals surface area (Å²) in [6.45, 7) is 10.4. The molecule has 1 saturated heterocycles. The van der Waals surface area contributed by atoms with Crippen LogP contribution in [0.4, 0.5) is 4.79 Å². The Morgan fingerprint density at radius 3 is 2.39 bits per heavy atom. The molecule has 5 heteroatoms. The van der Waals surface area contributed by atoms with Crippen molar-refractivity contribution in [2.45, 2.75) is 46.6 Å². The maximum Gasteiger partial charge on any atom is 0.325 e. The maximum absolute atomic E-state index is 12.5. The summed E-state index contributed by atoms with van der Waals surface area (Å²) in [6.07, 6.45) is 0.631. The molecule has 1 N–H and O–H groups in total. The molecule has 1 aromatic rings. The molecular formula is C18H26N2O3. The topological polar surface area (TPSA) is 58.6 Å². The number of para-hydroxylation sites is 1. The third-order valence-corrected chi connectivity index (χ3v) is 4.13. The van der Waals surface area contributed by atoms with Gasteiger partial charge in [-0.2, -0.15) is 0 Å². The van der Waals surface area contributed by atoms with E-state index in [1.807, 2.05) is 45.9 Å². The predicted octanol–water partition coefficient (Wildman–Crippen LogP) is 3.04. The Kier molecular flexibility index (Phi) is 4.97. The molecular weight excluding hydrogens is 292 g/mol. The number of hydrogen-bond donors (Lipinski definition) is 1. The van der Waals surface area contributed by atoms with Crippen molar-refractivity contribution in [3.05, 3.63) is 29.3 Å². The smallest absolute Gasteiger partial charge is 0.325 e. The van der Waals surface area contributed by atoms with Gasteiger partial charge in [-0.15, -0.1) is 0 Å². The van der Waals surface area contributed by atoms with Gasteiger partial charge in [0, 0.05) is 0 Å². The van der Waals surface area contributed by atoms with Crippen LogP contribution in [-0.2, 0) is 4.79 Å². The van der Waals surface area contributed by atoms with Crippen LogP contribution in [0.1, 0.15) is 38.3 Å². The zero-order valence-corrected chi connectivity index (χ0v) is 14.6. The van der Waals surface area contributed by atoms with Gasteiger partial charge < -0.3 is 10.1 Å². The van der Waals surface area contributed by atoms with Gasteiger partial charge in [-0.25, -0.2) is 4.79 Å². The highest BCUT2D eigenvalue weighted by molar-refractivity contribution is 6.06. The largest absolute Gasteiger partial charge is 0.491 e. The monoisotopic (exact) mass is 318 g/mol. The van der Waals surface area contributed by atoms with Crippen molar-refractivity contribution in [3.8, 4) is 5.75 Å². The van der Waals surface area contributed by atoms with Gasteiger partial charge in [0.15, 0.2) is 0 Å². The number of carbonyl (C=O) groups excluding carboxylic acids is 2. The lowest BCUT2D eigenvalue weighted by molar-refractivity contribution is -0.131. The summed E-state index contributed by atoms with van der Waals surface area (Å²) < 4.78 is 5.80. The molecule has 1 unspecified atom stereocenters. The highest BCUT2D eigenvalue weighted by Crippen LogP contribution is 2.25. The molecule has 2 rings (SSSR count). The van der Waals surface area contributed by atoms with E-state index in [2.05, 4.69) is 5.32 Å². The number of hydrogen-bond acceptors (Lipinski definition) is 3. The van der Waals surface area contributed by atoms with Crippen molar-refractivity contribution in [2.24, 2.45) is 5.92 Å². The first-order valence-electron chi connectivity index (χ1n) is 8.08. The molecule has 1 fully saturated rings. The Hall–Kier alpha value is -2.04. The van der Waals surface area contributed by atoms with E-state index < -0.39 is 5.54 Å². The van der Waals surface area contributed by atoms with Crippen LogP contribution in [0, 0.1) is 19.8 Å². The van der Waals surface area contributed by atoms with E-state index in [-0.39, 0.29) is 18.5 Å². The van der Waals surface area contributed by atoms with E-state index in [1.165, 1.54) is 4.90 Å². The average Bonchev–Trinajstić information content (AvgIpc) is 2.63. The van der Waals surface area contributed by atoms with E-state index in [9.17, 15) is 9.59 Å². The van der Waals surface area contributed by atoms with Crippen LogP contribution in [0.25, 0.3) is 0 Å². The number of rotatable bonds is 6. The van der Waals surface area contributed by atoms with Crippen LogP contribution in [0.5, 0.6) is 5.75 Å². The normalized spacial score (nSPS) is 21.0. The molecule has 3 amide bonds. The Labute approximate surface area is 138 Å². The predicted molar refractivity (Wildman–Crippen MR) is 89.5 cm³/mol. The second-order valence-corrected chi connectivity index (χ2v) is 6.89. The summed E-state index contributed by atoms with van der Waals surface area (Å²) in [6, 6.07) is 5.61. The number of amides is 3. The molecule has 0 aliphatic carbocycles. The Bertz CT molecular complexity index is 592. The minimum absolute atomic E-state index is 0.165. The molecule has 1 aromatic carbocycles.